The molecule has 2 aliphatic rings. The van der Waals surface area contributed by atoms with E-state index >= 15 is 0 Å². The van der Waals surface area contributed by atoms with Crippen LogP contribution < -0.4 is 5.73 Å². The Bertz CT molecular complexity index is 1150. The Kier molecular flexibility index (Phi) is 5.76. The van der Waals surface area contributed by atoms with Gasteiger partial charge in [-0.1, -0.05) is 74.7 Å². The second kappa shape index (κ2) is 8.86. The predicted molar refractivity (Wildman–Crippen MR) is 127 cm³/mol. The highest BCUT2D eigenvalue weighted by molar-refractivity contribution is 6.08. The van der Waals surface area contributed by atoms with Gasteiger partial charge in [-0.3, -0.25) is 14.7 Å². The Morgan fingerprint density at radius 2 is 1.82 bits per heavy atom. The zero-order valence-corrected chi connectivity index (χ0v) is 18.9. The molecule has 8 nitrogen and oxygen atoms in total. The molecule has 1 spiro atoms. The Labute approximate surface area is 193 Å². The number of unbranched alkanes of at least 4 members (excludes halogenated alkanes) is 1. The summed E-state index contributed by atoms with van der Waals surface area (Å²) in [5.41, 5.74) is 9.93. The van der Waals surface area contributed by atoms with Gasteiger partial charge in [0.25, 0.3) is 5.91 Å². The number of nitrogens with two attached hydrogens (primary N) is 1. The van der Waals surface area contributed by atoms with Crippen LogP contribution in [0.4, 0.5) is 0 Å². The normalized spacial score (nSPS) is 18.2. The molecule has 1 unspecified atom stereocenters. The molecule has 170 valence electrons. The Hall–Kier alpha value is -3.39. The number of carbonyl (C=O) groups excluding carboxylic acids is 1. The first-order valence-electron chi connectivity index (χ1n) is 11.7. The first-order chi connectivity index (χ1) is 16.1. The third-order valence-corrected chi connectivity index (χ3v) is 6.78. The lowest BCUT2D eigenvalue weighted by atomic mass is 9.96. The van der Waals surface area contributed by atoms with Crippen LogP contribution in [0.5, 0.6) is 0 Å². The van der Waals surface area contributed by atoms with Crippen LogP contribution in [0, 0.1) is 0 Å². The van der Waals surface area contributed by atoms with Crippen LogP contribution in [-0.2, 0) is 4.79 Å². The molecular formula is C25H29N7O. The van der Waals surface area contributed by atoms with Gasteiger partial charge in [-0.25, -0.2) is 0 Å². The van der Waals surface area contributed by atoms with Crippen molar-refractivity contribution in [2.24, 2.45) is 10.7 Å². The third kappa shape index (κ3) is 3.84. The van der Waals surface area contributed by atoms with Crippen molar-refractivity contribution < 1.29 is 4.79 Å². The zero-order chi connectivity index (χ0) is 22.8. The van der Waals surface area contributed by atoms with E-state index in [1.807, 2.05) is 48.5 Å². The molecule has 0 radical (unpaired) electrons. The standard InChI is InChI=1S/C25H29N7O/c1-2-3-10-21-27-25(15-6-7-16-25)24(33)32(21)22(26)18-13-11-17(12-14-18)19-8-4-5-9-20(19)23-28-30-31-29-23/h4-5,8-9,11-14,22H,2-3,6-7,10,15-16,26H2,1H3,(H,28,29,30,31). The summed E-state index contributed by atoms with van der Waals surface area (Å²) in [4.78, 5) is 20.2. The molecule has 2 heterocycles. The first-order valence-corrected chi connectivity index (χ1v) is 11.7. The van der Waals surface area contributed by atoms with Crippen LogP contribution in [0.15, 0.2) is 53.5 Å². The van der Waals surface area contributed by atoms with Crippen LogP contribution in [0.1, 0.15) is 63.6 Å². The van der Waals surface area contributed by atoms with E-state index < -0.39 is 11.7 Å². The molecule has 5 rings (SSSR count). The molecule has 1 amide bonds. The fraction of sp³-hybridized carbons (Fsp3) is 0.400. The molecule has 0 saturated heterocycles. The second-order valence-electron chi connectivity index (χ2n) is 8.89. The van der Waals surface area contributed by atoms with E-state index in [-0.39, 0.29) is 5.91 Å². The number of rotatable bonds is 7. The largest absolute Gasteiger partial charge is 0.307 e. The van der Waals surface area contributed by atoms with E-state index in [1.165, 1.54) is 0 Å². The van der Waals surface area contributed by atoms with Crippen molar-refractivity contribution in [2.45, 2.75) is 63.6 Å². The summed E-state index contributed by atoms with van der Waals surface area (Å²) in [6.45, 7) is 2.15. The molecule has 1 aliphatic carbocycles. The summed E-state index contributed by atoms with van der Waals surface area (Å²) in [6.07, 6.45) is 6.05. The number of hydrogen-bond acceptors (Lipinski definition) is 6. The first kappa shape index (κ1) is 21.5. The van der Waals surface area contributed by atoms with Crippen LogP contribution in [-0.4, -0.2) is 42.8 Å². The maximum Gasteiger partial charge on any atom is 0.257 e. The number of nitrogens with one attached hydrogen (secondary N) is 1. The van der Waals surface area contributed by atoms with Crippen molar-refractivity contribution in [1.82, 2.24) is 25.5 Å². The Morgan fingerprint density at radius 1 is 1.09 bits per heavy atom. The highest BCUT2D eigenvalue weighted by Gasteiger charge is 2.50. The van der Waals surface area contributed by atoms with Gasteiger partial charge < -0.3 is 5.73 Å². The summed E-state index contributed by atoms with van der Waals surface area (Å²) in [5.74, 6) is 1.47. The average Bonchev–Trinajstić information content (AvgIpc) is 3.60. The molecule has 3 N–H and O–H groups in total. The topological polar surface area (TPSA) is 113 Å². The van der Waals surface area contributed by atoms with E-state index in [2.05, 4.69) is 27.5 Å². The van der Waals surface area contributed by atoms with Gasteiger partial charge in [0.05, 0.1) is 0 Å². The summed E-state index contributed by atoms with van der Waals surface area (Å²) < 4.78 is 0. The second-order valence-corrected chi connectivity index (χ2v) is 8.89. The molecule has 33 heavy (non-hydrogen) atoms. The van der Waals surface area contributed by atoms with Gasteiger partial charge in [-0.2, -0.15) is 5.21 Å². The van der Waals surface area contributed by atoms with Crippen molar-refractivity contribution >= 4 is 11.7 Å². The number of tetrazole rings is 1. The number of aromatic nitrogens is 4. The molecule has 3 aromatic rings. The summed E-state index contributed by atoms with van der Waals surface area (Å²) in [5, 5.41) is 14.4. The van der Waals surface area contributed by atoms with Crippen LogP contribution in [0.3, 0.4) is 0 Å². The summed E-state index contributed by atoms with van der Waals surface area (Å²) in [7, 11) is 0. The van der Waals surface area contributed by atoms with Gasteiger partial charge in [0.1, 0.15) is 17.5 Å². The SMILES string of the molecule is CCCCC1=NC2(CCCC2)C(=O)N1C(N)c1ccc(-c2ccccc2-c2nn[nH]n2)cc1. The van der Waals surface area contributed by atoms with Gasteiger partial charge >= 0.3 is 0 Å². The summed E-state index contributed by atoms with van der Waals surface area (Å²) in [6, 6.07) is 16.0. The van der Waals surface area contributed by atoms with Crippen molar-refractivity contribution in [2.75, 3.05) is 0 Å². The molecular weight excluding hydrogens is 414 g/mol. The van der Waals surface area contributed by atoms with E-state index in [4.69, 9.17) is 10.7 Å². The minimum absolute atomic E-state index is 0.0742. The third-order valence-electron chi connectivity index (χ3n) is 6.78. The quantitative estimate of drug-likeness (QED) is 0.567. The lowest BCUT2D eigenvalue weighted by Gasteiger charge is -2.28. The van der Waals surface area contributed by atoms with Gasteiger partial charge in [-0.15, -0.1) is 10.2 Å². The highest BCUT2D eigenvalue weighted by atomic mass is 16.2. The average molecular weight is 444 g/mol. The van der Waals surface area contributed by atoms with Crippen molar-refractivity contribution in [3.63, 3.8) is 0 Å². The van der Waals surface area contributed by atoms with E-state index in [9.17, 15) is 4.79 Å². The molecule has 1 fully saturated rings. The van der Waals surface area contributed by atoms with E-state index in [0.29, 0.717) is 5.82 Å². The van der Waals surface area contributed by atoms with E-state index in [1.54, 1.807) is 4.90 Å². The zero-order valence-electron chi connectivity index (χ0n) is 18.9. The maximum atomic E-state index is 13.5. The minimum Gasteiger partial charge on any atom is -0.307 e. The number of amides is 1. The van der Waals surface area contributed by atoms with Gasteiger partial charge in [0.2, 0.25) is 5.82 Å². The monoisotopic (exact) mass is 443 g/mol. The number of nitrogens with zero attached hydrogens (tertiary/aromatic N) is 5. The summed E-state index contributed by atoms with van der Waals surface area (Å²) >= 11 is 0. The number of aliphatic imine (C=N–C) groups is 1. The predicted octanol–water partition coefficient (Wildman–Crippen LogP) is 4.23. The number of benzene rings is 2. The molecule has 0 bridgehead atoms. The van der Waals surface area contributed by atoms with Crippen LogP contribution in [0.25, 0.3) is 22.5 Å². The van der Waals surface area contributed by atoms with Crippen molar-refractivity contribution in [3.05, 3.63) is 54.1 Å². The maximum absolute atomic E-state index is 13.5. The fourth-order valence-corrected chi connectivity index (χ4v) is 4.99. The fourth-order valence-electron chi connectivity index (χ4n) is 4.99. The molecule has 8 heteroatoms. The molecule has 1 aromatic heterocycles. The number of hydrogen-bond donors (Lipinski definition) is 2. The van der Waals surface area contributed by atoms with Crippen molar-refractivity contribution in [3.8, 4) is 22.5 Å². The Balaban J connectivity index is 1.43. The smallest absolute Gasteiger partial charge is 0.257 e. The Morgan fingerprint density at radius 3 is 2.48 bits per heavy atom. The lowest BCUT2D eigenvalue weighted by Crippen LogP contribution is -2.45. The molecule has 1 aliphatic heterocycles. The van der Waals surface area contributed by atoms with Gasteiger partial charge in [-0.05, 0) is 41.2 Å². The number of aromatic amines is 1. The van der Waals surface area contributed by atoms with E-state index in [0.717, 1.165) is 73.0 Å². The minimum atomic E-state index is -0.579. The van der Waals surface area contributed by atoms with Gasteiger partial charge in [0.15, 0.2) is 0 Å². The van der Waals surface area contributed by atoms with Crippen LogP contribution >= 0.6 is 0 Å². The molecule has 2 aromatic carbocycles. The molecule has 1 saturated carbocycles. The lowest BCUT2D eigenvalue weighted by molar-refractivity contribution is -0.132. The van der Waals surface area contributed by atoms with Crippen molar-refractivity contribution in [1.29, 1.82) is 0 Å². The molecule has 1 atom stereocenters. The van der Waals surface area contributed by atoms with Gasteiger partial charge in [0, 0.05) is 12.0 Å². The number of amidine groups is 1. The number of carbonyl (C=O) groups is 1. The number of H-pyrrole nitrogens is 1. The van der Waals surface area contributed by atoms with Crippen LogP contribution in [0.2, 0.25) is 0 Å². The highest BCUT2D eigenvalue weighted by Crippen LogP contribution is 2.41.